The zero-order valence-corrected chi connectivity index (χ0v) is 12.6. The molecule has 0 saturated heterocycles. The van der Waals surface area contributed by atoms with Gasteiger partial charge in [-0.05, 0) is 25.3 Å². The van der Waals surface area contributed by atoms with Crippen molar-refractivity contribution in [2.24, 2.45) is 5.92 Å². The highest BCUT2D eigenvalue weighted by molar-refractivity contribution is 5.78. The molecule has 0 bridgehead atoms. The topological polar surface area (TPSA) is 69.6 Å². The van der Waals surface area contributed by atoms with Crippen molar-refractivity contribution in [1.82, 2.24) is 10.2 Å². The number of hydrogen-bond acceptors (Lipinski definition) is 3. The van der Waals surface area contributed by atoms with E-state index in [2.05, 4.69) is 5.32 Å². The normalized spacial score (nSPS) is 16.3. The van der Waals surface area contributed by atoms with E-state index in [-0.39, 0.29) is 19.0 Å². The standard InChI is InChI=1S/C15H28N2O3/c1-2-10-17(12-15(19)20)11-14(18)16-9-8-13-6-4-3-5-7-13/h13H,2-12H2,1H3,(H,16,18)(H,19,20). The molecule has 0 spiro atoms. The van der Waals surface area contributed by atoms with Crippen molar-refractivity contribution in [2.45, 2.75) is 51.9 Å². The van der Waals surface area contributed by atoms with E-state index in [9.17, 15) is 9.59 Å². The molecule has 0 atom stereocenters. The first-order valence-electron chi connectivity index (χ1n) is 7.82. The van der Waals surface area contributed by atoms with E-state index in [1.807, 2.05) is 6.92 Å². The first-order valence-corrected chi connectivity index (χ1v) is 7.82. The predicted octanol–water partition coefficient (Wildman–Crippen LogP) is 1.87. The van der Waals surface area contributed by atoms with E-state index in [1.165, 1.54) is 32.1 Å². The SMILES string of the molecule is CCCN(CC(=O)O)CC(=O)NCCC1CCCCC1. The van der Waals surface area contributed by atoms with Gasteiger partial charge in [0.2, 0.25) is 5.91 Å². The molecule has 1 saturated carbocycles. The summed E-state index contributed by atoms with van der Waals surface area (Å²) in [5.74, 6) is -0.182. The molecule has 1 aliphatic carbocycles. The first kappa shape index (κ1) is 17.0. The third-order valence-electron chi connectivity index (χ3n) is 3.87. The average molecular weight is 284 g/mol. The van der Waals surface area contributed by atoms with Gasteiger partial charge in [0.15, 0.2) is 0 Å². The Hall–Kier alpha value is -1.10. The van der Waals surface area contributed by atoms with Crippen LogP contribution in [-0.4, -0.2) is 48.1 Å². The Morgan fingerprint density at radius 3 is 2.50 bits per heavy atom. The van der Waals surface area contributed by atoms with E-state index >= 15 is 0 Å². The minimum absolute atomic E-state index is 0.0597. The third kappa shape index (κ3) is 7.48. The molecule has 0 aromatic heterocycles. The summed E-state index contributed by atoms with van der Waals surface area (Å²) >= 11 is 0. The molecule has 0 aromatic carbocycles. The van der Waals surface area contributed by atoms with Crippen LogP contribution in [0.2, 0.25) is 0 Å². The lowest BCUT2D eigenvalue weighted by Crippen LogP contribution is -2.40. The minimum Gasteiger partial charge on any atom is -0.480 e. The highest BCUT2D eigenvalue weighted by Crippen LogP contribution is 2.25. The molecule has 0 heterocycles. The van der Waals surface area contributed by atoms with Crippen molar-refractivity contribution in [2.75, 3.05) is 26.2 Å². The number of rotatable bonds is 9. The molecular weight excluding hydrogens is 256 g/mol. The number of aliphatic carboxylic acids is 1. The Bertz CT molecular complexity index is 301. The van der Waals surface area contributed by atoms with Gasteiger partial charge in [-0.3, -0.25) is 14.5 Å². The summed E-state index contributed by atoms with van der Waals surface area (Å²) in [6, 6.07) is 0. The number of carboxylic acids is 1. The number of nitrogens with zero attached hydrogens (tertiary/aromatic N) is 1. The van der Waals surface area contributed by atoms with Crippen LogP contribution in [0.3, 0.4) is 0 Å². The molecule has 1 rings (SSSR count). The summed E-state index contributed by atoms with van der Waals surface area (Å²) in [7, 11) is 0. The fraction of sp³-hybridized carbons (Fsp3) is 0.867. The molecule has 2 N–H and O–H groups in total. The summed E-state index contributed by atoms with van der Waals surface area (Å²) in [6.07, 6.45) is 8.47. The maximum Gasteiger partial charge on any atom is 0.317 e. The van der Waals surface area contributed by atoms with E-state index in [0.717, 1.165) is 25.3 Å². The van der Waals surface area contributed by atoms with Gasteiger partial charge in [0.1, 0.15) is 0 Å². The van der Waals surface area contributed by atoms with Gasteiger partial charge in [0.05, 0.1) is 13.1 Å². The molecule has 0 unspecified atom stereocenters. The lowest BCUT2D eigenvalue weighted by molar-refractivity contribution is -0.138. The molecule has 5 nitrogen and oxygen atoms in total. The van der Waals surface area contributed by atoms with Crippen LogP contribution in [0.25, 0.3) is 0 Å². The van der Waals surface area contributed by atoms with Gasteiger partial charge in [-0.15, -0.1) is 0 Å². The van der Waals surface area contributed by atoms with E-state index in [0.29, 0.717) is 6.54 Å². The van der Waals surface area contributed by atoms with Gasteiger partial charge in [-0.2, -0.15) is 0 Å². The first-order chi connectivity index (χ1) is 9.61. The number of carbonyl (C=O) groups is 2. The second kappa shape index (κ2) is 9.75. The van der Waals surface area contributed by atoms with Gasteiger partial charge in [0, 0.05) is 6.54 Å². The van der Waals surface area contributed by atoms with Crippen molar-refractivity contribution < 1.29 is 14.7 Å². The molecule has 1 aliphatic rings. The molecule has 1 fully saturated rings. The van der Waals surface area contributed by atoms with Crippen LogP contribution in [0.1, 0.15) is 51.9 Å². The summed E-state index contributed by atoms with van der Waals surface area (Å²) in [5, 5.41) is 11.7. The van der Waals surface area contributed by atoms with Crippen LogP contribution < -0.4 is 5.32 Å². The van der Waals surface area contributed by atoms with E-state index < -0.39 is 5.97 Å². The van der Waals surface area contributed by atoms with Gasteiger partial charge >= 0.3 is 5.97 Å². The third-order valence-corrected chi connectivity index (χ3v) is 3.87. The largest absolute Gasteiger partial charge is 0.480 e. The molecular formula is C15H28N2O3. The number of carbonyl (C=O) groups excluding carboxylic acids is 1. The Kier molecular flexibility index (Phi) is 8.26. The fourth-order valence-corrected chi connectivity index (χ4v) is 2.87. The van der Waals surface area contributed by atoms with Gasteiger partial charge in [-0.25, -0.2) is 0 Å². The number of hydrogen-bond donors (Lipinski definition) is 2. The van der Waals surface area contributed by atoms with Gasteiger partial charge in [0.25, 0.3) is 0 Å². The predicted molar refractivity (Wildman–Crippen MR) is 78.6 cm³/mol. The van der Waals surface area contributed by atoms with Crippen LogP contribution in [0.15, 0.2) is 0 Å². The second-order valence-electron chi connectivity index (χ2n) is 5.75. The van der Waals surface area contributed by atoms with Gasteiger partial charge in [-0.1, -0.05) is 39.0 Å². The molecule has 0 aliphatic heterocycles. The number of carboxylic acid groups (broad SMARTS) is 1. The van der Waals surface area contributed by atoms with E-state index in [1.54, 1.807) is 4.90 Å². The van der Waals surface area contributed by atoms with Crippen LogP contribution in [-0.2, 0) is 9.59 Å². The van der Waals surface area contributed by atoms with Gasteiger partial charge < -0.3 is 10.4 Å². The van der Waals surface area contributed by atoms with Crippen molar-refractivity contribution in [3.05, 3.63) is 0 Å². The Morgan fingerprint density at radius 1 is 1.20 bits per heavy atom. The van der Waals surface area contributed by atoms with Crippen LogP contribution in [0, 0.1) is 5.92 Å². The molecule has 116 valence electrons. The lowest BCUT2D eigenvalue weighted by Gasteiger charge is -2.22. The van der Waals surface area contributed by atoms with Crippen molar-refractivity contribution in [3.63, 3.8) is 0 Å². The van der Waals surface area contributed by atoms with E-state index in [4.69, 9.17) is 5.11 Å². The number of nitrogens with one attached hydrogen (secondary N) is 1. The lowest BCUT2D eigenvalue weighted by atomic mass is 9.87. The van der Waals surface area contributed by atoms with Crippen LogP contribution in [0.4, 0.5) is 0 Å². The second-order valence-corrected chi connectivity index (χ2v) is 5.75. The van der Waals surface area contributed by atoms with Crippen molar-refractivity contribution in [3.8, 4) is 0 Å². The maximum atomic E-state index is 11.8. The fourth-order valence-electron chi connectivity index (χ4n) is 2.87. The monoisotopic (exact) mass is 284 g/mol. The molecule has 0 radical (unpaired) electrons. The zero-order valence-electron chi connectivity index (χ0n) is 12.6. The quantitative estimate of drug-likeness (QED) is 0.678. The molecule has 5 heteroatoms. The Balaban J connectivity index is 2.18. The maximum absolute atomic E-state index is 11.8. The smallest absolute Gasteiger partial charge is 0.317 e. The Morgan fingerprint density at radius 2 is 1.90 bits per heavy atom. The molecule has 20 heavy (non-hydrogen) atoms. The minimum atomic E-state index is -0.881. The van der Waals surface area contributed by atoms with Crippen LogP contribution >= 0.6 is 0 Å². The number of amides is 1. The zero-order chi connectivity index (χ0) is 14.8. The summed E-state index contributed by atoms with van der Waals surface area (Å²) in [4.78, 5) is 24.2. The molecule has 1 amide bonds. The summed E-state index contributed by atoms with van der Waals surface area (Å²) in [5.41, 5.74) is 0. The highest BCUT2D eigenvalue weighted by Gasteiger charge is 2.15. The highest BCUT2D eigenvalue weighted by atomic mass is 16.4. The van der Waals surface area contributed by atoms with Crippen LogP contribution in [0.5, 0.6) is 0 Å². The summed E-state index contributed by atoms with van der Waals surface area (Å²) in [6.45, 7) is 3.46. The van der Waals surface area contributed by atoms with Crippen molar-refractivity contribution >= 4 is 11.9 Å². The van der Waals surface area contributed by atoms with Crippen molar-refractivity contribution in [1.29, 1.82) is 0 Å². The summed E-state index contributed by atoms with van der Waals surface area (Å²) < 4.78 is 0. The average Bonchev–Trinajstić information content (AvgIpc) is 2.39. The Labute approximate surface area is 121 Å². The molecule has 0 aromatic rings.